The second-order valence-electron chi connectivity index (χ2n) is 4.35. The van der Waals surface area contributed by atoms with Gasteiger partial charge < -0.3 is 25.4 Å². The van der Waals surface area contributed by atoms with Crippen molar-refractivity contribution in [2.75, 3.05) is 19.0 Å². The number of aliphatic hydroxyl groups excluding tert-OH is 3. The highest BCUT2D eigenvalue weighted by Gasteiger charge is 2.29. The molecule has 1 aliphatic heterocycles. The van der Waals surface area contributed by atoms with Crippen LogP contribution in [0, 0.1) is 0 Å². The normalized spacial score (nSPS) is 19.9. The first-order valence-corrected chi connectivity index (χ1v) is 5.92. The van der Waals surface area contributed by atoms with Gasteiger partial charge in [0.15, 0.2) is 5.82 Å². The first-order chi connectivity index (χ1) is 9.49. The van der Waals surface area contributed by atoms with E-state index in [9.17, 15) is 15.0 Å². The Morgan fingerprint density at radius 1 is 1.55 bits per heavy atom. The van der Waals surface area contributed by atoms with Crippen molar-refractivity contribution in [1.29, 1.82) is 0 Å². The van der Waals surface area contributed by atoms with Crippen molar-refractivity contribution in [2.45, 2.75) is 18.2 Å². The Labute approximate surface area is 114 Å². The first-order valence-electron chi connectivity index (χ1n) is 5.92. The van der Waals surface area contributed by atoms with Gasteiger partial charge in [-0.1, -0.05) is 0 Å². The Kier molecular flexibility index (Phi) is 4.02. The van der Waals surface area contributed by atoms with Crippen LogP contribution in [0.15, 0.2) is 9.79 Å². The molecule has 0 radical (unpaired) electrons. The molecule has 9 heteroatoms. The van der Waals surface area contributed by atoms with Crippen molar-refractivity contribution < 1.29 is 20.1 Å². The van der Waals surface area contributed by atoms with Crippen LogP contribution in [0.4, 0.5) is 11.5 Å². The lowest BCUT2D eigenvalue weighted by Gasteiger charge is -2.27. The molecular formula is C11H16N4O5. The number of anilines is 1. The van der Waals surface area contributed by atoms with Crippen LogP contribution in [0.3, 0.4) is 0 Å². The lowest BCUT2D eigenvalue weighted by Crippen LogP contribution is -2.46. The van der Waals surface area contributed by atoms with Crippen molar-refractivity contribution in [1.82, 2.24) is 9.55 Å². The molecule has 1 aromatic heterocycles. The average molecular weight is 284 g/mol. The quantitative estimate of drug-likeness (QED) is 0.503. The van der Waals surface area contributed by atoms with E-state index in [-0.39, 0.29) is 17.5 Å². The number of aliphatic hydroxyl groups is 3. The molecular weight excluding hydrogens is 268 g/mol. The molecule has 0 saturated heterocycles. The van der Waals surface area contributed by atoms with E-state index < -0.39 is 30.4 Å². The number of nitrogens with zero attached hydrogens (tertiary/aromatic N) is 3. The molecule has 0 aliphatic carbocycles. The molecule has 1 aliphatic rings. The number of nitrogens with one attached hydrogen (secondary N) is 1. The van der Waals surface area contributed by atoms with Gasteiger partial charge in [-0.3, -0.25) is 9.36 Å². The Hall–Kier alpha value is -1.97. The number of aromatic nitrogens is 2. The van der Waals surface area contributed by atoms with Crippen LogP contribution in [0.1, 0.15) is 0 Å². The van der Waals surface area contributed by atoms with E-state index in [1.165, 1.54) is 24.9 Å². The maximum atomic E-state index is 12.1. The third-order valence-corrected chi connectivity index (χ3v) is 3.03. The van der Waals surface area contributed by atoms with Gasteiger partial charge in [0, 0.05) is 13.3 Å². The zero-order valence-corrected chi connectivity index (χ0v) is 11.0. The van der Waals surface area contributed by atoms with Gasteiger partial charge in [0.2, 0.25) is 0 Å². The average Bonchev–Trinajstić information content (AvgIpc) is 2.48. The van der Waals surface area contributed by atoms with E-state index in [1.807, 2.05) is 0 Å². The lowest BCUT2D eigenvalue weighted by atomic mass is 10.1. The minimum Gasteiger partial charge on any atom is -0.468 e. The standard InChI is InChI=1S/C11H16N4O5/c1-15-10(19)7-9(14-11(15)20-2)12-3-5(13-7)8(18)6(17)4-16/h3,5-6,8,13,16-18H,4H2,1-2H3/t5-,6-,8-/m1/s1. The van der Waals surface area contributed by atoms with Crippen LogP contribution in [0.2, 0.25) is 0 Å². The predicted molar refractivity (Wildman–Crippen MR) is 70.7 cm³/mol. The number of hydrogen-bond acceptors (Lipinski definition) is 8. The van der Waals surface area contributed by atoms with Gasteiger partial charge in [-0.15, -0.1) is 0 Å². The summed E-state index contributed by atoms with van der Waals surface area (Å²) in [6.07, 6.45) is -1.32. The first kappa shape index (κ1) is 14.4. The number of methoxy groups -OCH3 is 1. The highest BCUT2D eigenvalue weighted by molar-refractivity contribution is 5.81. The summed E-state index contributed by atoms with van der Waals surface area (Å²) in [7, 11) is 2.88. The van der Waals surface area contributed by atoms with Gasteiger partial charge in [0.05, 0.1) is 19.8 Å². The summed E-state index contributed by atoms with van der Waals surface area (Å²) in [6.45, 7) is -0.598. The molecule has 1 aromatic rings. The smallest absolute Gasteiger partial charge is 0.300 e. The van der Waals surface area contributed by atoms with Crippen LogP contribution in [0.5, 0.6) is 6.01 Å². The third kappa shape index (κ3) is 2.38. The van der Waals surface area contributed by atoms with Crippen molar-refractivity contribution in [3.05, 3.63) is 10.4 Å². The lowest BCUT2D eigenvalue weighted by molar-refractivity contribution is -0.0136. The van der Waals surface area contributed by atoms with Crippen LogP contribution in [0.25, 0.3) is 0 Å². The highest BCUT2D eigenvalue weighted by atomic mass is 16.5. The van der Waals surface area contributed by atoms with E-state index in [2.05, 4.69) is 15.3 Å². The van der Waals surface area contributed by atoms with Crippen LogP contribution < -0.4 is 15.6 Å². The summed E-state index contributed by atoms with van der Waals surface area (Å²) in [5, 5.41) is 30.8. The molecule has 3 atom stereocenters. The minimum atomic E-state index is -1.34. The molecule has 110 valence electrons. The van der Waals surface area contributed by atoms with Crippen LogP contribution in [-0.4, -0.2) is 63.1 Å². The SMILES string of the molecule is COc1nc2c(c(=O)n1C)N[C@@H]([C@@H](O)[C@H](O)CO)C=N2. The molecule has 0 fully saturated rings. The maximum Gasteiger partial charge on any atom is 0.300 e. The van der Waals surface area contributed by atoms with E-state index in [0.717, 1.165) is 0 Å². The number of rotatable bonds is 4. The van der Waals surface area contributed by atoms with Crippen LogP contribution >= 0.6 is 0 Å². The summed E-state index contributed by atoms with van der Waals surface area (Å²) in [5.74, 6) is 0.145. The molecule has 20 heavy (non-hydrogen) atoms. The van der Waals surface area contributed by atoms with Crippen molar-refractivity contribution in [2.24, 2.45) is 12.0 Å². The molecule has 4 N–H and O–H groups in total. The van der Waals surface area contributed by atoms with Gasteiger partial charge >= 0.3 is 6.01 Å². The summed E-state index contributed by atoms with van der Waals surface area (Å²) in [4.78, 5) is 20.1. The number of aliphatic imine (C=N–C) groups is 1. The number of ether oxygens (including phenoxy) is 1. The van der Waals surface area contributed by atoms with E-state index in [4.69, 9.17) is 9.84 Å². The zero-order chi connectivity index (χ0) is 14.9. The topological polar surface area (TPSA) is 129 Å². The molecule has 0 saturated carbocycles. The molecule has 9 nitrogen and oxygen atoms in total. The van der Waals surface area contributed by atoms with Gasteiger partial charge in [-0.05, 0) is 0 Å². The predicted octanol–water partition coefficient (Wildman–Crippen LogP) is -2.00. The van der Waals surface area contributed by atoms with E-state index >= 15 is 0 Å². The second kappa shape index (κ2) is 5.57. The van der Waals surface area contributed by atoms with Gasteiger partial charge in [-0.2, -0.15) is 4.98 Å². The maximum absolute atomic E-state index is 12.1. The Morgan fingerprint density at radius 2 is 2.25 bits per heavy atom. The van der Waals surface area contributed by atoms with Gasteiger partial charge in [0.1, 0.15) is 17.9 Å². The molecule has 0 unspecified atom stereocenters. The molecule has 0 bridgehead atoms. The molecule has 2 rings (SSSR count). The largest absolute Gasteiger partial charge is 0.468 e. The summed E-state index contributed by atoms with van der Waals surface area (Å²) in [6, 6.07) is -0.686. The van der Waals surface area contributed by atoms with Crippen molar-refractivity contribution in [3.63, 3.8) is 0 Å². The fraction of sp³-hybridized carbons (Fsp3) is 0.545. The van der Waals surface area contributed by atoms with E-state index in [0.29, 0.717) is 0 Å². The van der Waals surface area contributed by atoms with Crippen molar-refractivity contribution >= 4 is 17.7 Å². The van der Waals surface area contributed by atoms with E-state index in [1.54, 1.807) is 0 Å². The molecule has 0 aromatic carbocycles. The Morgan fingerprint density at radius 3 is 2.85 bits per heavy atom. The molecule has 0 amide bonds. The Bertz CT molecular complexity index is 585. The summed E-state index contributed by atoms with van der Waals surface area (Å²) < 4.78 is 6.14. The molecule has 2 heterocycles. The van der Waals surface area contributed by atoms with Gasteiger partial charge in [0.25, 0.3) is 5.56 Å². The number of hydrogen-bond donors (Lipinski definition) is 4. The minimum absolute atomic E-state index is 0.102. The summed E-state index contributed by atoms with van der Waals surface area (Å²) >= 11 is 0. The second-order valence-corrected chi connectivity index (χ2v) is 4.35. The van der Waals surface area contributed by atoms with Crippen LogP contribution in [-0.2, 0) is 7.05 Å². The fourth-order valence-electron chi connectivity index (χ4n) is 1.85. The monoisotopic (exact) mass is 284 g/mol. The highest BCUT2D eigenvalue weighted by Crippen LogP contribution is 2.25. The van der Waals surface area contributed by atoms with Crippen molar-refractivity contribution in [3.8, 4) is 6.01 Å². The number of fused-ring (bicyclic) bond motifs is 1. The molecule has 0 spiro atoms. The van der Waals surface area contributed by atoms with Gasteiger partial charge in [-0.25, -0.2) is 4.99 Å². The zero-order valence-electron chi connectivity index (χ0n) is 11.0. The third-order valence-electron chi connectivity index (χ3n) is 3.03. The Balaban J connectivity index is 2.36. The summed E-state index contributed by atoms with van der Waals surface area (Å²) in [5.41, 5.74) is -0.315. The fourth-order valence-corrected chi connectivity index (χ4v) is 1.85.